The Morgan fingerprint density at radius 2 is 2.00 bits per heavy atom. The third-order valence-electron chi connectivity index (χ3n) is 2.21. The summed E-state index contributed by atoms with van der Waals surface area (Å²) in [4.78, 5) is -0.273. The van der Waals surface area contributed by atoms with Crippen molar-refractivity contribution in [3.8, 4) is 5.75 Å². The van der Waals surface area contributed by atoms with Gasteiger partial charge in [0.1, 0.15) is 10.6 Å². The normalized spacial score (nSPS) is 11.6. The maximum absolute atomic E-state index is 11.3. The molecule has 7 nitrogen and oxygen atoms in total. The Balaban J connectivity index is 2.23. The predicted molar refractivity (Wildman–Crippen MR) is 71.2 cm³/mol. The van der Waals surface area contributed by atoms with Crippen molar-refractivity contribution >= 4 is 33.2 Å². The van der Waals surface area contributed by atoms with Gasteiger partial charge in [0.25, 0.3) is 5.89 Å². The second-order valence-electron chi connectivity index (χ2n) is 3.76. The number of ether oxygens (including phenoxy) is 1. The van der Waals surface area contributed by atoms with E-state index in [1.54, 1.807) is 6.92 Å². The molecule has 2 aromatic rings. The van der Waals surface area contributed by atoms with Gasteiger partial charge in [0.15, 0.2) is 6.61 Å². The molecule has 0 bridgehead atoms. The smallest absolute Gasteiger partial charge is 0.253 e. The molecular weight excluding hydrogens is 329 g/mol. The first-order chi connectivity index (χ1) is 9.27. The van der Waals surface area contributed by atoms with E-state index in [1.165, 1.54) is 6.07 Å². The number of nitrogens with two attached hydrogens (primary N) is 1. The molecule has 2 N–H and O–H groups in total. The Bertz CT molecular complexity index is 745. The van der Waals surface area contributed by atoms with E-state index in [0.29, 0.717) is 5.89 Å². The molecule has 0 aliphatic rings. The van der Waals surface area contributed by atoms with Crippen molar-refractivity contribution in [1.82, 2.24) is 10.2 Å². The molecule has 0 amide bonds. The Labute approximate surface area is 124 Å². The fraction of sp³-hybridized carbons (Fsp3) is 0.200. The average Bonchev–Trinajstić information content (AvgIpc) is 2.74. The van der Waals surface area contributed by atoms with Crippen LogP contribution in [-0.4, -0.2) is 18.6 Å². The molecule has 1 aromatic carbocycles. The van der Waals surface area contributed by atoms with Crippen molar-refractivity contribution < 1.29 is 17.6 Å². The lowest BCUT2D eigenvalue weighted by atomic mass is 10.3. The zero-order chi connectivity index (χ0) is 14.9. The zero-order valence-corrected chi connectivity index (χ0v) is 12.5. The number of sulfonamides is 1. The molecule has 0 spiro atoms. The summed E-state index contributed by atoms with van der Waals surface area (Å²) in [6.07, 6.45) is 0. The van der Waals surface area contributed by atoms with Gasteiger partial charge in [-0.3, -0.25) is 0 Å². The molecule has 0 aliphatic heterocycles. The van der Waals surface area contributed by atoms with Crippen LogP contribution in [0.2, 0.25) is 10.0 Å². The van der Waals surface area contributed by atoms with E-state index < -0.39 is 10.0 Å². The Hall–Kier alpha value is -1.35. The van der Waals surface area contributed by atoms with E-state index in [0.717, 1.165) is 6.07 Å². The molecular formula is C10H9Cl2N3O4S. The molecule has 0 atom stereocenters. The van der Waals surface area contributed by atoms with Gasteiger partial charge in [-0.1, -0.05) is 23.2 Å². The molecule has 2 rings (SSSR count). The number of aromatic nitrogens is 2. The molecule has 108 valence electrons. The van der Waals surface area contributed by atoms with Crippen molar-refractivity contribution in [1.29, 1.82) is 0 Å². The van der Waals surface area contributed by atoms with Crippen molar-refractivity contribution in [2.45, 2.75) is 18.4 Å². The Kier molecular flexibility index (Phi) is 4.19. The fourth-order valence-electron chi connectivity index (χ4n) is 1.37. The van der Waals surface area contributed by atoms with Gasteiger partial charge < -0.3 is 9.15 Å². The third kappa shape index (κ3) is 3.40. The zero-order valence-electron chi connectivity index (χ0n) is 10.1. The van der Waals surface area contributed by atoms with Crippen molar-refractivity contribution in [3.05, 3.63) is 34.0 Å². The summed E-state index contributed by atoms with van der Waals surface area (Å²) in [6, 6.07) is 2.38. The Morgan fingerprint density at radius 1 is 1.30 bits per heavy atom. The minimum absolute atomic E-state index is 0.0222. The van der Waals surface area contributed by atoms with Crippen LogP contribution in [0.15, 0.2) is 21.4 Å². The highest BCUT2D eigenvalue weighted by molar-refractivity contribution is 7.89. The maximum atomic E-state index is 11.3. The van der Waals surface area contributed by atoms with Gasteiger partial charge >= 0.3 is 0 Å². The lowest BCUT2D eigenvalue weighted by Crippen LogP contribution is -2.13. The molecule has 10 heteroatoms. The fourth-order valence-corrected chi connectivity index (χ4v) is 2.75. The maximum Gasteiger partial charge on any atom is 0.253 e. The summed E-state index contributed by atoms with van der Waals surface area (Å²) in [5.41, 5.74) is 0. The summed E-state index contributed by atoms with van der Waals surface area (Å²) in [7, 11) is -3.95. The van der Waals surface area contributed by atoms with E-state index in [4.69, 9.17) is 37.5 Å². The number of hydrogen-bond donors (Lipinski definition) is 1. The molecule has 0 unspecified atom stereocenters. The predicted octanol–water partition coefficient (Wildman–Crippen LogP) is 1.91. The third-order valence-corrected chi connectivity index (χ3v) is 3.88. The molecule has 1 heterocycles. The van der Waals surface area contributed by atoms with E-state index in [-0.39, 0.29) is 33.2 Å². The lowest BCUT2D eigenvalue weighted by Gasteiger charge is -2.09. The molecule has 1 aromatic heterocycles. The van der Waals surface area contributed by atoms with Crippen LogP contribution in [0.4, 0.5) is 0 Å². The van der Waals surface area contributed by atoms with Gasteiger partial charge in [0, 0.05) is 13.0 Å². The van der Waals surface area contributed by atoms with E-state index in [1.807, 2.05) is 0 Å². The second-order valence-corrected chi connectivity index (χ2v) is 6.11. The van der Waals surface area contributed by atoms with Crippen LogP contribution < -0.4 is 9.88 Å². The highest BCUT2D eigenvalue weighted by atomic mass is 35.5. The van der Waals surface area contributed by atoms with Gasteiger partial charge in [-0.15, -0.1) is 10.2 Å². The molecule has 0 saturated heterocycles. The summed E-state index contributed by atoms with van der Waals surface area (Å²) < 4.78 is 33.0. The minimum atomic E-state index is -3.95. The van der Waals surface area contributed by atoms with Gasteiger partial charge in [-0.25, -0.2) is 13.6 Å². The number of halogens is 2. The van der Waals surface area contributed by atoms with Crippen LogP contribution in [0.25, 0.3) is 0 Å². The van der Waals surface area contributed by atoms with E-state index in [2.05, 4.69) is 10.2 Å². The summed E-state index contributed by atoms with van der Waals surface area (Å²) in [5.74, 6) is 0.836. The van der Waals surface area contributed by atoms with Gasteiger partial charge in [-0.05, 0) is 6.07 Å². The van der Waals surface area contributed by atoms with E-state index in [9.17, 15) is 8.42 Å². The van der Waals surface area contributed by atoms with Crippen LogP contribution in [-0.2, 0) is 16.6 Å². The summed E-state index contributed by atoms with van der Waals surface area (Å²) in [5, 5.41) is 12.3. The SMILES string of the molecule is Cc1nnc(COc2cc(Cl)c(S(N)(=O)=O)cc2Cl)o1. The summed E-state index contributed by atoms with van der Waals surface area (Å²) >= 11 is 11.7. The van der Waals surface area contributed by atoms with E-state index >= 15 is 0 Å². The monoisotopic (exact) mass is 337 g/mol. The molecule has 0 aliphatic carbocycles. The van der Waals surface area contributed by atoms with Crippen LogP contribution in [0.3, 0.4) is 0 Å². The van der Waals surface area contributed by atoms with Gasteiger partial charge in [0.2, 0.25) is 15.9 Å². The Morgan fingerprint density at radius 3 is 2.55 bits per heavy atom. The average molecular weight is 338 g/mol. The number of nitrogens with zero attached hydrogens (tertiary/aromatic N) is 2. The van der Waals surface area contributed by atoms with Crippen LogP contribution in [0, 0.1) is 6.92 Å². The molecule has 0 fully saturated rings. The first-order valence-electron chi connectivity index (χ1n) is 5.21. The first-order valence-corrected chi connectivity index (χ1v) is 7.51. The van der Waals surface area contributed by atoms with Gasteiger partial charge in [-0.2, -0.15) is 0 Å². The number of primary sulfonamides is 1. The highest BCUT2D eigenvalue weighted by Crippen LogP contribution is 2.33. The van der Waals surface area contributed by atoms with Crippen LogP contribution in [0.5, 0.6) is 5.75 Å². The highest BCUT2D eigenvalue weighted by Gasteiger charge is 2.17. The largest absolute Gasteiger partial charge is 0.482 e. The topological polar surface area (TPSA) is 108 Å². The number of rotatable bonds is 4. The lowest BCUT2D eigenvalue weighted by molar-refractivity contribution is 0.260. The first kappa shape index (κ1) is 15.0. The molecule has 0 radical (unpaired) electrons. The quantitative estimate of drug-likeness (QED) is 0.912. The number of aryl methyl sites for hydroxylation is 1. The standard InChI is InChI=1S/C10H9Cl2N3O4S/c1-5-14-15-10(19-5)4-18-8-2-7(12)9(3-6(8)11)20(13,16)17/h2-3H,4H2,1H3,(H2,13,16,17). The van der Waals surface area contributed by atoms with Crippen molar-refractivity contribution in [2.24, 2.45) is 5.14 Å². The molecule has 20 heavy (non-hydrogen) atoms. The molecule has 0 saturated carbocycles. The second kappa shape index (κ2) is 5.57. The van der Waals surface area contributed by atoms with Crippen molar-refractivity contribution in [3.63, 3.8) is 0 Å². The number of benzene rings is 1. The van der Waals surface area contributed by atoms with Crippen molar-refractivity contribution in [2.75, 3.05) is 0 Å². The van der Waals surface area contributed by atoms with Gasteiger partial charge in [0.05, 0.1) is 10.0 Å². The van der Waals surface area contributed by atoms with Crippen LogP contribution >= 0.6 is 23.2 Å². The minimum Gasteiger partial charge on any atom is -0.482 e. The van der Waals surface area contributed by atoms with Crippen LogP contribution in [0.1, 0.15) is 11.8 Å². The number of hydrogen-bond acceptors (Lipinski definition) is 6. The summed E-state index contributed by atoms with van der Waals surface area (Å²) in [6.45, 7) is 1.62.